The van der Waals surface area contributed by atoms with Crippen LogP contribution in [-0.2, 0) is 9.59 Å². The van der Waals surface area contributed by atoms with Crippen molar-refractivity contribution in [3.63, 3.8) is 0 Å². The highest BCUT2D eigenvalue weighted by molar-refractivity contribution is 5.97. The van der Waals surface area contributed by atoms with E-state index in [9.17, 15) is 14.0 Å². The van der Waals surface area contributed by atoms with Crippen LogP contribution in [0.1, 0.15) is 32.3 Å². The molecule has 1 atom stereocenters. The lowest BCUT2D eigenvalue weighted by atomic mass is 10.0. The fraction of sp³-hybridized carbons (Fsp3) is 0.263. The Hall–Kier alpha value is -2.89. The summed E-state index contributed by atoms with van der Waals surface area (Å²) < 4.78 is 18.6. The number of aliphatic carboxylic acids is 1. The molecule has 5 nitrogen and oxygen atoms in total. The summed E-state index contributed by atoms with van der Waals surface area (Å²) in [6.45, 7) is 4.76. The number of nitrogens with one attached hydrogen (secondary N) is 1. The van der Waals surface area contributed by atoms with Crippen molar-refractivity contribution >= 4 is 17.6 Å². The fourth-order valence-corrected chi connectivity index (χ4v) is 2.15. The fourth-order valence-electron chi connectivity index (χ4n) is 2.15. The van der Waals surface area contributed by atoms with E-state index in [0.29, 0.717) is 17.0 Å². The van der Waals surface area contributed by atoms with Crippen molar-refractivity contribution in [2.24, 2.45) is 0 Å². The van der Waals surface area contributed by atoms with Gasteiger partial charge in [0.15, 0.2) is 5.60 Å². The summed E-state index contributed by atoms with van der Waals surface area (Å²) >= 11 is 0. The first-order valence-electron chi connectivity index (χ1n) is 7.78. The zero-order valence-electron chi connectivity index (χ0n) is 14.2. The average molecular weight is 345 g/mol. The molecule has 0 saturated carbocycles. The molecule has 0 spiro atoms. The van der Waals surface area contributed by atoms with Crippen molar-refractivity contribution in [1.29, 1.82) is 0 Å². The van der Waals surface area contributed by atoms with Crippen LogP contribution in [0.5, 0.6) is 5.75 Å². The molecule has 1 unspecified atom stereocenters. The van der Waals surface area contributed by atoms with E-state index >= 15 is 0 Å². The predicted molar refractivity (Wildman–Crippen MR) is 92.2 cm³/mol. The Morgan fingerprint density at radius 1 is 1.16 bits per heavy atom. The monoisotopic (exact) mass is 345 g/mol. The van der Waals surface area contributed by atoms with Gasteiger partial charge in [0.05, 0.1) is 5.92 Å². The molecule has 2 rings (SSSR count). The van der Waals surface area contributed by atoms with Crippen molar-refractivity contribution in [3.8, 4) is 5.75 Å². The number of anilines is 1. The summed E-state index contributed by atoms with van der Waals surface area (Å²) in [5.41, 5.74) is -0.138. The van der Waals surface area contributed by atoms with Crippen LogP contribution in [0.25, 0.3) is 0 Å². The summed E-state index contributed by atoms with van der Waals surface area (Å²) in [7, 11) is 0. The van der Waals surface area contributed by atoms with Crippen LogP contribution in [0.15, 0.2) is 48.5 Å². The third kappa shape index (κ3) is 4.79. The second-order valence-electron chi connectivity index (χ2n) is 6.21. The van der Waals surface area contributed by atoms with Gasteiger partial charge in [0.25, 0.3) is 5.91 Å². The van der Waals surface area contributed by atoms with Crippen molar-refractivity contribution in [3.05, 3.63) is 59.9 Å². The van der Waals surface area contributed by atoms with Gasteiger partial charge in [-0.25, -0.2) is 4.39 Å². The average Bonchev–Trinajstić information content (AvgIpc) is 2.56. The highest BCUT2D eigenvalue weighted by Gasteiger charge is 2.30. The van der Waals surface area contributed by atoms with Crippen LogP contribution in [0.4, 0.5) is 10.1 Å². The minimum Gasteiger partial charge on any atom is -0.481 e. The van der Waals surface area contributed by atoms with Gasteiger partial charge in [-0.3, -0.25) is 9.59 Å². The number of ether oxygens (including phenoxy) is 1. The van der Waals surface area contributed by atoms with Gasteiger partial charge in [-0.2, -0.15) is 0 Å². The lowest BCUT2D eigenvalue weighted by Gasteiger charge is -2.25. The molecule has 0 aliphatic heterocycles. The number of carbonyl (C=O) groups is 2. The molecule has 0 aromatic heterocycles. The van der Waals surface area contributed by atoms with Crippen LogP contribution >= 0.6 is 0 Å². The highest BCUT2D eigenvalue weighted by atomic mass is 19.1. The van der Waals surface area contributed by atoms with E-state index < -0.39 is 23.4 Å². The first kappa shape index (κ1) is 18.4. The van der Waals surface area contributed by atoms with Crippen molar-refractivity contribution in [2.75, 3.05) is 5.32 Å². The summed E-state index contributed by atoms with van der Waals surface area (Å²) in [6.07, 6.45) is 0. The Morgan fingerprint density at radius 2 is 1.80 bits per heavy atom. The Morgan fingerprint density at radius 3 is 2.40 bits per heavy atom. The first-order valence-corrected chi connectivity index (χ1v) is 7.78. The zero-order valence-corrected chi connectivity index (χ0v) is 14.2. The minimum absolute atomic E-state index is 0.370. The molecule has 0 aliphatic rings. The minimum atomic E-state index is -1.20. The smallest absolute Gasteiger partial charge is 0.310 e. The second kappa shape index (κ2) is 7.34. The molecule has 6 heteroatoms. The maximum Gasteiger partial charge on any atom is 0.310 e. The molecule has 25 heavy (non-hydrogen) atoms. The maximum absolute atomic E-state index is 12.9. The highest BCUT2D eigenvalue weighted by Crippen LogP contribution is 2.23. The predicted octanol–water partition coefficient (Wildman–Crippen LogP) is 3.81. The van der Waals surface area contributed by atoms with Crippen LogP contribution in [0.2, 0.25) is 0 Å². The van der Waals surface area contributed by atoms with Crippen molar-refractivity contribution in [2.45, 2.75) is 32.3 Å². The van der Waals surface area contributed by atoms with E-state index in [-0.39, 0.29) is 5.82 Å². The van der Waals surface area contributed by atoms with Gasteiger partial charge in [0.1, 0.15) is 11.6 Å². The molecule has 1 amide bonds. The van der Waals surface area contributed by atoms with Gasteiger partial charge in [-0.05, 0) is 62.7 Å². The van der Waals surface area contributed by atoms with Crippen molar-refractivity contribution in [1.82, 2.24) is 0 Å². The number of benzene rings is 2. The third-order valence-corrected chi connectivity index (χ3v) is 3.75. The lowest BCUT2D eigenvalue weighted by molar-refractivity contribution is -0.138. The number of rotatable bonds is 6. The van der Waals surface area contributed by atoms with Crippen LogP contribution in [0.3, 0.4) is 0 Å². The van der Waals surface area contributed by atoms with E-state index in [2.05, 4.69) is 5.32 Å². The number of amides is 1. The number of carboxylic acids is 1. The standard InChI is InChI=1S/C19H20FNO4/c1-12(17(22)23)13-5-4-6-15(11-13)21-18(24)19(2,3)25-16-9-7-14(20)8-10-16/h4-12H,1-3H3,(H,21,24)(H,22,23). The molecule has 0 saturated heterocycles. The Bertz CT molecular complexity index is 771. The number of carboxylic acid groups (broad SMARTS) is 1. The van der Waals surface area contributed by atoms with Gasteiger partial charge >= 0.3 is 5.97 Å². The number of halogens is 1. The molecular formula is C19H20FNO4. The number of hydrogen-bond acceptors (Lipinski definition) is 3. The Labute approximate surface area is 145 Å². The summed E-state index contributed by atoms with van der Waals surface area (Å²) in [6, 6.07) is 12.0. The SMILES string of the molecule is CC(C(=O)O)c1cccc(NC(=O)C(C)(C)Oc2ccc(F)cc2)c1. The van der Waals surface area contributed by atoms with Gasteiger partial charge in [-0.1, -0.05) is 12.1 Å². The maximum atomic E-state index is 12.9. The normalized spacial score (nSPS) is 12.3. The number of carbonyl (C=O) groups excluding carboxylic acids is 1. The molecule has 2 aromatic carbocycles. The van der Waals surface area contributed by atoms with Gasteiger partial charge in [0.2, 0.25) is 0 Å². The molecule has 2 aromatic rings. The molecule has 2 N–H and O–H groups in total. The van der Waals surface area contributed by atoms with Crippen LogP contribution in [-0.4, -0.2) is 22.6 Å². The molecular weight excluding hydrogens is 325 g/mol. The van der Waals surface area contributed by atoms with Gasteiger partial charge < -0.3 is 15.2 Å². The Kier molecular flexibility index (Phi) is 5.41. The quantitative estimate of drug-likeness (QED) is 0.835. The summed E-state index contributed by atoms with van der Waals surface area (Å²) in [5, 5.41) is 11.8. The molecule has 0 fully saturated rings. The van der Waals surface area contributed by atoms with E-state index in [1.165, 1.54) is 24.3 Å². The third-order valence-electron chi connectivity index (χ3n) is 3.75. The van der Waals surface area contributed by atoms with Crippen molar-refractivity contribution < 1.29 is 23.8 Å². The topological polar surface area (TPSA) is 75.6 Å². The van der Waals surface area contributed by atoms with E-state index in [1.807, 2.05) is 0 Å². The van der Waals surface area contributed by atoms with E-state index in [1.54, 1.807) is 45.0 Å². The molecule has 0 radical (unpaired) electrons. The molecule has 0 bridgehead atoms. The Balaban J connectivity index is 2.11. The van der Waals surface area contributed by atoms with Crippen LogP contribution in [0, 0.1) is 5.82 Å². The first-order chi connectivity index (χ1) is 11.7. The van der Waals surface area contributed by atoms with Gasteiger partial charge in [-0.15, -0.1) is 0 Å². The lowest BCUT2D eigenvalue weighted by Crippen LogP contribution is -2.42. The summed E-state index contributed by atoms with van der Waals surface area (Å²) in [4.78, 5) is 23.6. The molecule has 0 heterocycles. The largest absolute Gasteiger partial charge is 0.481 e. The van der Waals surface area contributed by atoms with E-state index in [4.69, 9.17) is 9.84 Å². The number of hydrogen-bond donors (Lipinski definition) is 2. The molecule has 0 aliphatic carbocycles. The van der Waals surface area contributed by atoms with Crippen LogP contribution < -0.4 is 10.1 Å². The second-order valence-corrected chi connectivity index (χ2v) is 6.21. The van der Waals surface area contributed by atoms with E-state index in [0.717, 1.165) is 0 Å². The summed E-state index contributed by atoms with van der Waals surface area (Å²) in [5.74, 6) is -2.05. The van der Waals surface area contributed by atoms with Gasteiger partial charge in [0, 0.05) is 5.69 Å². The zero-order chi connectivity index (χ0) is 18.6. The molecule has 132 valence electrons.